The van der Waals surface area contributed by atoms with Gasteiger partial charge in [0.15, 0.2) is 24.6 Å². The maximum absolute atomic E-state index is 11.1. The summed E-state index contributed by atoms with van der Waals surface area (Å²) in [6, 6.07) is 11.7. The summed E-state index contributed by atoms with van der Waals surface area (Å²) in [5.74, 6) is -1.80. The van der Waals surface area contributed by atoms with Crippen LogP contribution in [0.5, 0.6) is 5.75 Å². The van der Waals surface area contributed by atoms with Crippen molar-refractivity contribution >= 4 is 11.9 Å². The number of hydrogen-bond acceptors (Lipinski definition) is 7. The van der Waals surface area contributed by atoms with E-state index in [1.165, 1.54) is 38.3 Å². The monoisotopic (exact) mass is 530 g/mol. The summed E-state index contributed by atoms with van der Waals surface area (Å²) in [5.41, 5.74) is 2.12. The van der Waals surface area contributed by atoms with Gasteiger partial charge in [-0.05, 0) is 55.0 Å². The molecule has 1 saturated heterocycles. The lowest BCUT2D eigenvalue weighted by Crippen LogP contribution is -2.39. The molecule has 10 N–H and O–H groups in total. The Balaban J connectivity index is 0. The predicted octanol–water partition coefficient (Wildman–Crippen LogP) is -1.11. The number of likely N-dealkylation sites (tertiary alicyclic amines) is 1. The average Bonchev–Trinajstić information content (AvgIpc) is 2.82. The molecule has 1 fully saturated rings. The molecule has 1 aromatic carbocycles. The zero-order valence-electron chi connectivity index (χ0n) is 20.6. The number of piperidine rings is 1. The van der Waals surface area contributed by atoms with E-state index in [2.05, 4.69) is 11.8 Å². The van der Waals surface area contributed by atoms with Gasteiger partial charge < -0.3 is 51.7 Å². The molecule has 3 rings (SSSR count). The number of aliphatic hydroxyl groups excluding tert-OH is 2. The van der Waals surface area contributed by atoms with Crippen LogP contribution in [0.25, 0.3) is 11.1 Å². The summed E-state index contributed by atoms with van der Waals surface area (Å²) in [4.78, 5) is 22.1. The first-order valence-corrected chi connectivity index (χ1v) is 11.1. The van der Waals surface area contributed by atoms with Crippen LogP contribution in [0.2, 0.25) is 0 Å². The molecule has 210 valence electrons. The van der Waals surface area contributed by atoms with Gasteiger partial charge in [-0.1, -0.05) is 19.1 Å². The second kappa shape index (κ2) is 18.0. The fourth-order valence-corrected chi connectivity index (χ4v) is 3.59. The molecule has 2 unspecified atom stereocenters. The Kier molecular flexibility index (Phi) is 17.4. The molecule has 0 bridgehead atoms. The molecule has 0 aliphatic carbocycles. The van der Waals surface area contributed by atoms with Crippen LogP contribution in [0, 0.1) is 11.1 Å². The third-order valence-electron chi connectivity index (χ3n) is 5.42. The molecule has 13 nitrogen and oxygen atoms in total. The molecule has 3 atom stereocenters. The van der Waals surface area contributed by atoms with Crippen molar-refractivity contribution in [1.29, 1.82) is 0 Å². The molecule has 0 amide bonds. The van der Waals surface area contributed by atoms with Crippen LogP contribution >= 0.6 is 0 Å². The number of benzene rings is 1. The number of aliphatic carboxylic acids is 2. The lowest BCUT2D eigenvalue weighted by Gasteiger charge is -2.30. The summed E-state index contributed by atoms with van der Waals surface area (Å²) in [7, 11) is 0. The third kappa shape index (κ3) is 12.5. The topological polar surface area (TPSA) is 249 Å². The van der Waals surface area contributed by atoms with Crippen LogP contribution in [-0.2, 0) is 9.59 Å². The maximum atomic E-state index is 11.1. The molecule has 1 aliphatic rings. The zero-order chi connectivity index (χ0) is 25.1. The van der Waals surface area contributed by atoms with E-state index >= 15 is 0 Å². The Labute approximate surface area is 214 Å². The molecule has 0 spiro atoms. The summed E-state index contributed by atoms with van der Waals surface area (Å²) >= 11 is 0. The Morgan fingerprint density at radius 1 is 1.00 bits per heavy atom. The maximum Gasteiger partial charge on any atom is 0.335 e. The zero-order valence-corrected chi connectivity index (χ0v) is 20.6. The SMILES string of the molecule is C[C@H]1CCCN(CCCOc2ccc(-c3cc[n+]([O-])cc3)cc2)C1.O.O.O.O=C(O)C(O)C(O)C(=O)O. The van der Waals surface area contributed by atoms with Gasteiger partial charge in [0.2, 0.25) is 0 Å². The number of carboxylic acid groups (broad SMARTS) is 2. The standard InChI is InChI=1S/C20H26N2O2.C4H6O6.3H2O/c1-17-4-2-11-21(16-17)12-3-15-24-20-7-5-18(6-8-20)19-9-13-22(23)14-10-19;5-1(3(7)8)2(6)4(9)10;;;/h5-10,13-14,17H,2-4,11-12,15-16H2,1H3;1-2,5-6H,(H,7,8)(H,9,10);3*1H2/t17-;;;;/m0..../s1. The number of carbonyl (C=O) groups is 2. The van der Waals surface area contributed by atoms with Gasteiger partial charge in [0, 0.05) is 25.2 Å². The number of ether oxygens (including phenoxy) is 1. The number of carboxylic acids is 2. The fourth-order valence-electron chi connectivity index (χ4n) is 3.59. The van der Waals surface area contributed by atoms with Gasteiger partial charge in [0.25, 0.3) is 0 Å². The van der Waals surface area contributed by atoms with Crippen molar-refractivity contribution in [3.63, 3.8) is 0 Å². The van der Waals surface area contributed by atoms with E-state index in [0.29, 0.717) is 0 Å². The highest BCUT2D eigenvalue weighted by Gasteiger charge is 2.29. The van der Waals surface area contributed by atoms with E-state index in [1.54, 1.807) is 0 Å². The molecule has 2 heterocycles. The van der Waals surface area contributed by atoms with Gasteiger partial charge in [0.1, 0.15) is 5.75 Å². The molecule has 37 heavy (non-hydrogen) atoms. The van der Waals surface area contributed by atoms with Gasteiger partial charge in [-0.3, -0.25) is 0 Å². The fraction of sp³-hybridized carbons (Fsp3) is 0.458. The minimum absolute atomic E-state index is 0. The number of pyridine rings is 1. The van der Waals surface area contributed by atoms with Gasteiger partial charge in [0.05, 0.1) is 6.61 Å². The van der Waals surface area contributed by atoms with Crippen molar-refractivity contribution in [2.24, 2.45) is 5.92 Å². The van der Waals surface area contributed by atoms with Crippen molar-refractivity contribution in [2.45, 2.75) is 38.4 Å². The minimum atomic E-state index is -2.27. The quantitative estimate of drug-likeness (QED) is 0.174. The Bertz CT molecular complexity index is 892. The Hall–Kier alpha value is -3.33. The van der Waals surface area contributed by atoms with Crippen LogP contribution in [0.15, 0.2) is 48.8 Å². The molecule has 0 radical (unpaired) electrons. The summed E-state index contributed by atoms with van der Waals surface area (Å²) < 4.78 is 6.65. The largest absolute Gasteiger partial charge is 0.619 e. The minimum Gasteiger partial charge on any atom is -0.619 e. The van der Waals surface area contributed by atoms with Crippen molar-refractivity contribution in [2.75, 3.05) is 26.2 Å². The normalized spacial score (nSPS) is 16.2. The third-order valence-corrected chi connectivity index (χ3v) is 5.42. The molecular formula is C24H38N2O11. The predicted molar refractivity (Wildman–Crippen MR) is 134 cm³/mol. The van der Waals surface area contributed by atoms with E-state index in [-0.39, 0.29) is 16.4 Å². The second-order valence-electron chi connectivity index (χ2n) is 8.29. The smallest absolute Gasteiger partial charge is 0.335 e. The van der Waals surface area contributed by atoms with Gasteiger partial charge in [-0.25, -0.2) is 9.59 Å². The first-order chi connectivity index (χ1) is 16.2. The average molecular weight is 531 g/mol. The van der Waals surface area contributed by atoms with E-state index in [0.717, 1.165) is 47.1 Å². The van der Waals surface area contributed by atoms with Crippen molar-refractivity contribution in [3.8, 4) is 16.9 Å². The highest BCUT2D eigenvalue weighted by molar-refractivity contribution is 5.83. The van der Waals surface area contributed by atoms with Crippen LogP contribution in [0.1, 0.15) is 26.2 Å². The van der Waals surface area contributed by atoms with Crippen LogP contribution in [0.4, 0.5) is 0 Å². The Morgan fingerprint density at radius 3 is 2.00 bits per heavy atom. The summed E-state index contributed by atoms with van der Waals surface area (Å²) in [6.45, 7) is 6.69. The highest BCUT2D eigenvalue weighted by atomic mass is 16.5. The first kappa shape index (κ1) is 35.8. The molecule has 1 aromatic heterocycles. The molecule has 0 saturated carbocycles. The van der Waals surface area contributed by atoms with Crippen molar-refractivity contribution in [1.82, 2.24) is 4.90 Å². The summed E-state index contributed by atoms with van der Waals surface area (Å²) in [6.07, 6.45) is 2.26. The highest BCUT2D eigenvalue weighted by Crippen LogP contribution is 2.21. The van der Waals surface area contributed by atoms with Crippen LogP contribution in [0.3, 0.4) is 0 Å². The van der Waals surface area contributed by atoms with E-state index in [9.17, 15) is 14.8 Å². The Morgan fingerprint density at radius 2 is 1.51 bits per heavy atom. The number of rotatable bonds is 9. The summed E-state index contributed by atoms with van der Waals surface area (Å²) in [5, 5.41) is 43.6. The second-order valence-corrected chi connectivity index (χ2v) is 8.29. The van der Waals surface area contributed by atoms with Gasteiger partial charge >= 0.3 is 11.9 Å². The number of hydrogen-bond donors (Lipinski definition) is 4. The number of nitrogens with zero attached hydrogens (tertiary/aromatic N) is 2. The molecule has 13 heteroatoms. The molecule has 2 aromatic rings. The van der Waals surface area contributed by atoms with Gasteiger partial charge in [-0.15, -0.1) is 0 Å². The molecular weight excluding hydrogens is 492 g/mol. The lowest BCUT2D eigenvalue weighted by atomic mass is 10.0. The van der Waals surface area contributed by atoms with Crippen LogP contribution < -0.4 is 9.47 Å². The number of aromatic nitrogens is 1. The van der Waals surface area contributed by atoms with Crippen molar-refractivity contribution in [3.05, 3.63) is 54.0 Å². The first-order valence-electron chi connectivity index (χ1n) is 11.1. The van der Waals surface area contributed by atoms with E-state index in [1.807, 2.05) is 36.4 Å². The van der Waals surface area contributed by atoms with Crippen LogP contribution in [-0.4, -0.2) is 92.1 Å². The number of aliphatic hydroxyl groups is 2. The van der Waals surface area contributed by atoms with Gasteiger partial charge in [-0.2, -0.15) is 4.73 Å². The van der Waals surface area contributed by atoms with E-state index in [4.69, 9.17) is 25.2 Å². The molecule has 1 aliphatic heterocycles. The lowest BCUT2D eigenvalue weighted by molar-refractivity contribution is -0.605. The van der Waals surface area contributed by atoms with E-state index < -0.39 is 24.1 Å². The van der Waals surface area contributed by atoms with Crippen molar-refractivity contribution < 1.29 is 55.9 Å².